The Labute approximate surface area is 128 Å². The first kappa shape index (κ1) is 21.3. The smallest absolute Gasteiger partial charge is 0.0198 e. The Morgan fingerprint density at radius 2 is 1.00 bits per heavy atom. The van der Waals surface area contributed by atoms with E-state index in [2.05, 4.69) is 62.5 Å². The summed E-state index contributed by atoms with van der Waals surface area (Å²) in [5, 5.41) is 0. The van der Waals surface area contributed by atoms with Gasteiger partial charge in [0.1, 0.15) is 0 Å². The Bertz CT molecular complexity index is 248. The third-order valence-corrected chi connectivity index (χ3v) is 3.19. The lowest BCUT2D eigenvalue weighted by atomic mass is 9.99. The zero-order chi connectivity index (χ0) is 15.6. The molecule has 2 aliphatic rings. The van der Waals surface area contributed by atoms with Gasteiger partial charge in [-0.25, -0.2) is 0 Å². The Morgan fingerprint density at radius 1 is 0.650 bits per heavy atom. The molecule has 116 valence electrons. The second-order valence-electron chi connectivity index (χ2n) is 4.43. The van der Waals surface area contributed by atoms with Crippen LogP contribution in [0.15, 0.2) is 48.6 Å². The van der Waals surface area contributed by atoms with E-state index < -0.39 is 0 Å². The van der Waals surface area contributed by atoms with Crippen LogP contribution >= 0.6 is 0 Å². The lowest BCUT2D eigenvalue weighted by molar-refractivity contribution is 0.633. The Kier molecular flexibility index (Phi) is 19.1. The molecule has 0 spiro atoms. The Balaban J connectivity index is 0. The monoisotopic (exact) mass is 276 g/mol. The normalized spacial score (nSPS) is 21.7. The molecular weight excluding hydrogens is 240 g/mol. The van der Waals surface area contributed by atoms with E-state index in [1.54, 1.807) is 0 Å². The van der Waals surface area contributed by atoms with Crippen LogP contribution in [0.2, 0.25) is 0 Å². The number of hydrogen-bond donors (Lipinski definition) is 0. The maximum atomic E-state index is 2.28. The minimum atomic E-state index is 0.819. The molecule has 0 bridgehead atoms. The molecule has 20 heavy (non-hydrogen) atoms. The molecule has 2 aliphatic carbocycles. The molecule has 0 nitrogen and oxygen atoms in total. The van der Waals surface area contributed by atoms with E-state index in [9.17, 15) is 0 Å². The third kappa shape index (κ3) is 12.0. The summed E-state index contributed by atoms with van der Waals surface area (Å²) < 4.78 is 0. The summed E-state index contributed by atoms with van der Waals surface area (Å²) in [6, 6.07) is 0. The number of hydrogen-bond acceptors (Lipinski definition) is 0. The van der Waals surface area contributed by atoms with Crippen molar-refractivity contribution in [3.05, 3.63) is 48.6 Å². The second kappa shape index (κ2) is 18.0. The van der Waals surface area contributed by atoms with Crippen molar-refractivity contribution in [2.24, 2.45) is 11.8 Å². The van der Waals surface area contributed by atoms with Crippen LogP contribution in [0.25, 0.3) is 0 Å². The lowest BCUT2D eigenvalue weighted by Gasteiger charge is -2.07. The van der Waals surface area contributed by atoms with Crippen LogP contribution < -0.4 is 0 Å². The molecule has 0 N–H and O–H groups in total. The molecule has 0 aromatic rings. The summed E-state index contributed by atoms with van der Waals surface area (Å²) in [5.41, 5.74) is 0. The average Bonchev–Trinajstić information content (AvgIpc) is 2.60. The van der Waals surface area contributed by atoms with Gasteiger partial charge in [0.2, 0.25) is 0 Å². The standard InChI is InChI=1S/2C8H12.2C2H6/c2*1-2-8-6-4-3-5-7-8;2*1-2/h2*3-6,8H,2,7H2,1H3;2*1-2H3. The van der Waals surface area contributed by atoms with Gasteiger partial charge in [0, 0.05) is 0 Å². The molecule has 2 atom stereocenters. The summed E-state index contributed by atoms with van der Waals surface area (Å²) >= 11 is 0. The molecule has 0 saturated carbocycles. The van der Waals surface area contributed by atoms with Gasteiger partial charge in [-0.15, -0.1) is 0 Å². The highest BCUT2D eigenvalue weighted by Gasteiger charge is 1.99. The fraction of sp³-hybridized carbons (Fsp3) is 0.600. The summed E-state index contributed by atoms with van der Waals surface area (Å²) in [5.74, 6) is 1.64. The van der Waals surface area contributed by atoms with Gasteiger partial charge in [0.15, 0.2) is 0 Å². The largest absolute Gasteiger partial charge is 0.0840 e. The van der Waals surface area contributed by atoms with Crippen molar-refractivity contribution < 1.29 is 0 Å². The van der Waals surface area contributed by atoms with E-state index in [-0.39, 0.29) is 0 Å². The van der Waals surface area contributed by atoms with Gasteiger partial charge in [0.25, 0.3) is 0 Å². The zero-order valence-corrected chi connectivity index (χ0v) is 14.6. The summed E-state index contributed by atoms with van der Waals surface area (Å²) in [6.45, 7) is 12.5. The SMILES string of the molecule is CC.CC.CCC1C=CC=CC1.CCC1C=CC=CC1. The van der Waals surface area contributed by atoms with E-state index in [0.29, 0.717) is 0 Å². The highest BCUT2D eigenvalue weighted by molar-refractivity contribution is 5.10. The molecule has 0 saturated heterocycles. The third-order valence-electron chi connectivity index (χ3n) is 3.19. The van der Waals surface area contributed by atoms with E-state index in [1.165, 1.54) is 25.7 Å². The molecular formula is C20H36. The number of rotatable bonds is 2. The summed E-state index contributed by atoms with van der Waals surface area (Å²) in [6.07, 6.45) is 22.6. The zero-order valence-electron chi connectivity index (χ0n) is 14.6. The minimum Gasteiger partial charge on any atom is -0.0840 e. The van der Waals surface area contributed by atoms with Crippen molar-refractivity contribution in [3.63, 3.8) is 0 Å². The lowest BCUT2D eigenvalue weighted by Crippen LogP contribution is -1.93. The van der Waals surface area contributed by atoms with Gasteiger partial charge in [-0.05, 0) is 37.5 Å². The van der Waals surface area contributed by atoms with E-state index in [1.807, 2.05) is 27.7 Å². The van der Waals surface area contributed by atoms with Crippen LogP contribution in [0, 0.1) is 11.8 Å². The van der Waals surface area contributed by atoms with Crippen LogP contribution in [0.5, 0.6) is 0 Å². The highest BCUT2D eigenvalue weighted by Crippen LogP contribution is 2.14. The van der Waals surface area contributed by atoms with Crippen molar-refractivity contribution in [1.82, 2.24) is 0 Å². The molecule has 0 aliphatic heterocycles. The van der Waals surface area contributed by atoms with Gasteiger partial charge in [-0.2, -0.15) is 0 Å². The molecule has 0 amide bonds. The fourth-order valence-electron chi connectivity index (χ4n) is 1.87. The molecule has 0 aromatic carbocycles. The van der Waals surface area contributed by atoms with Crippen molar-refractivity contribution in [1.29, 1.82) is 0 Å². The van der Waals surface area contributed by atoms with E-state index >= 15 is 0 Å². The fourth-order valence-corrected chi connectivity index (χ4v) is 1.87. The molecule has 0 radical (unpaired) electrons. The van der Waals surface area contributed by atoms with Crippen LogP contribution in [0.4, 0.5) is 0 Å². The van der Waals surface area contributed by atoms with Crippen LogP contribution in [-0.4, -0.2) is 0 Å². The molecule has 2 unspecified atom stereocenters. The predicted molar refractivity (Wildman–Crippen MR) is 96.1 cm³/mol. The molecule has 0 aromatic heterocycles. The first-order valence-corrected chi connectivity index (χ1v) is 8.53. The highest BCUT2D eigenvalue weighted by atomic mass is 14.0. The van der Waals surface area contributed by atoms with Crippen molar-refractivity contribution in [2.45, 2.75) is 67.2 Å². The quantitative estimate of drug-likeness (QED) is 0.504. The van der Waals surface area contributed by atoms with E-state index in [0.717, 1.165) is 11.8 Å². The van der Waals surface area contributed by atoms with Gasteiger partial charge in [-0.1, -0.05) is 90.2 Å². The number of allylic oxidation sites excluding steroid dienone is 8. The molecule has 0 heterocycles. The molecule has 0 heteroatoms. The van der Waals surface area contributed by atoms with Gasteiger partial charge >= 0.3 is 0 Å². The molecule has 2 rings (SSSR count). The summed E-state index contributed by atoms with van der Waals surface area (Å²) in [4.78, 5) is 0. The Morgan fingerprint density at radius 3 is 1.15 bits per heavy atom. The minimum absolute atomic E-state index is 0.819. The van der Waals surface area contributed by atoms with Crippen LogP contribution in [0.1, 0.15) is 67.2 Å². The van der Waals surface area contributed by atoms with Crippen LogP contribution in [-0.2, 0) is 0 Å². The van der Waals surface area contributed by atoms with Crippen molar-refractivity contribution in [3.8, 4) is 0 Å². The van der Waals surface area contributed by atoms with E-state index in [4.69, 9.17) is 0 Å². The van der Waals surface area contributed by atoms with Crippen molar-refractivity contribution in [2.75, 3.05) is 0 Å². The predicted octanol–water partition coefficient (Wildman–Crippen LogP) is 7.11. The first-order valence-electron chi connectivity index (χ1n) is 8.53. The second-order valence-corrected chi connectivity index (χ2v) is 4.43. The average molecular weight is 277 g/mol. The molecule has 0 fully saturated rings. The maximum Gasteiger partial charge on any atom is -0.0198 e. The Hall–Kier alpha value is -1.04. The van der Waals surface area contributed by atoms with Crippen LogP contribution in [0.3, 0.4) is 0 Å². The summed E-state index contributed by atoms with van der Waals surface area (Å²) in [7, 11) is 0. The van der Waals surface area contributed by atoms with Crippen molar-refractivity contribution >= 4 is 0 Å². The van der Waals surface area contributed by atoms with Gasteiger partial charge in [-0.3, -0.25) is 0 Å². The van der Waals surface area contributed by atoms with Gasteiger partial charge in [0.05, 0.1) is 0 Å². The first-order chi connectivity index (χ1) is 9.86. The maximum absolute atomic E-state index is 2.28. The van der Waals surface area contributed by atoms with Gasteiger partial charge < -0.3 is 0 Å². The topological polar surface area (TPSA) is 0 Å².